The SMILES string of the molecule is NN=C(N)N.NN=C(N)N.O=S(=O)(O)O. The van der Waals surface area contributed by atoms with Crippen molar-refractivity contribution in [3.05, 3.63) is 0 Å². The minimum absolute atomic E-state index is 0.0926. The number of nitrogens with zero attached hydrogens (tertiary/aromatic N) is 2. The van der Waals surface area contributed by atoms with E-state index in [-0.39, 0.29) is 11.9 Å². The predicted molar refractivity (Wildman–Crippen MR) is 54.2 cm³/mol. The topological polar surface area (TPSA) is 255 Å². The van der Waals surface area contributed by atoms with E-state index < -0.39 is 10.4 Å². The molecule has 0 amide bonds. The van der Waals surface area contributed by atoms with Crippen LogP contribution in [-0.2, 0) is 10.4 Å². The van der Waals surface area contributed by atoms with Crippen molar-refractivity contribution < 1.29 is 17.5 Å². The fourth-order valence-corrected chi connectivity index (χ4v) is 0. The van der Waals surface area contributed by atoms with Gasteiger partial charge in [-0.05, 0) is 0 Å². The molecule has 0 aromatic carbocycles. The molecule has 0 unspecified atom stereocenters. The molecule has 14 N–H and O–H groups in total. The van der Waals surface area contributed by atoms with Crippen molar-refractivity contribution in [2.75, 3.05) is 0 Å². The second kappa shape index (κ2) is 10.1. The predicted octanol–water partition coefficient (Wildman–Crippen LogP) is -4.39. The second-order valence-corrected chi connectivity index (χ2v) is 2.45. The normalized spacial score (nSPS) is 8.13. The molecule has 12 nitrogen and oxygen atoms in total. The van der Waals surface area contributed by atoms with Gasteiger partial charge in [0.15, 0.2) is 0 Å². The third-order valence-electron chi connectivity index (χ3n) is 0.298. The molecular weight excluding hydrogens is 232 g/mol. The molecule has 13 heteroatoms. The fourth-order valence-electron chi connectivity index (χ4n) is 0. The van der Waals surface area contributed by atoms with Gasteiger partial charge in [0.1, 0.15) is 0 Å². The molecule has 0 bridgehead atoms. The maximum Gasteiger partial charge on any atom is 0.394 e. The van der Waals surface area contributed by atoms with Crippen LogP contribution in [0.2, 0.25) is 0 Å². The van der Waals surface area contributed by atoms with E-state index in [0.717, 1.165) is 0 Å². The molecule has 0 aromatic rings. The molecule has 0 aliphatic heterocycles. The monoisotopic (exact) mass is 246 g/mol. The molecule has 0 rings (SSSR count). The van der Waals surface area contributed by atoms with Crippen LogP contribution < -0.4 is 34.6 Å². The summed E-state index contributed by atoms with van der Waals surface area (Å²) in [6, 6.07) is 0. The zero-order valence-corrected chi connectivity index (χ0v) is 8.29. The van der Waals surface area contributed by atoms with Crippen LogP contribution in [0.4, 0.5) is 0 Å². The van der Waals surface area contributed by atoms with E-state index in [4.69, 9.17) is 40.5 Å². The molecule has 0 fully saturated rings. The second-order valence-electron chi connectivity index (χ2n) is 1.56. The standard InChI is InChI=1S/2CH6N4.H2O4S/c2*2-1(3)5-4;1-5(2,3)4/h2*4H2,(H4,2,3,5);(H2,1,2,3,4). The third-order valence-corrected chi connectivity index (χ3v) is 0.298. The summed E-state index contributed by atoms with van der Waals surface area (Å²) in [6.07, 6.45) is 0. The van der Waals surface area contributed by atoms with Crippen LogP contribution in [0.5, 0.6) is 0 Å². The highest BCUT2D eigenvalue weighted by atomic mass is 32.3. The number of rotatable bonds is 0. The summed E-state index contributed by atoms with van der Waals surface area (Å²) < 4.78 is 31.6. The van der Waals surface area contributed by atoms with Crippen LogP contribution in [0.15, 0.2) is 10.2 Å². The van der Waals surface area contributed by atoms with Crippen LogP contribution in [0, 0.1) is 0 Å². The van der Waals surface area contributed by atoms with Crippen molar-refractivity contribution in [3.63, 3.8) is 0 Å². The molecule has 15 heavy (non-hydrogen) atoms. The molecule has 0 atom stereocenters. The van der Waals surface area contributed by atoms with E-state index in [1.54, 1.807) is 0 Å². The zero-order valence-electron chi connectivity index (χ0n) is 7.48. The van der Waals surface area contributed by atoms with Gasteiger partial charge in [0.05, 0.1) is 0 Å². The van der Waals surface area contributed by atoms with Crippen LogP contribution >= 0.6 is 0 Å². The lowest BCUT2D eigenvalue weighted by Gasteiger charge is -1.76. The summed E-state index contributed by atoms with van der Waals surface area (Å²) in [5.74, 6) is 8.83. The van der Waals surface area contributed by atoms with Gasteiger partial charge in [-0.1, -0.05) is 0 Å². The van der Waals surface area contributed by atoms with Gasteiger partial charge >= 0.3 is 10.4 Å². The van der Waals surface area contributed by atoms with Crippen molar-refractivity contribution in [2.24, 2.45) is 44.8 Å². The Morgan fingerprint density at radius 3 is 0.933 bits per heavy atom. The molecule has 0 aliphatic carbocycles. The number of guanidine groups is 2. The van der Waals surface area contributed by atoms with Gasteiger partial charge in [0, 0.05) is 0 Å². The van der Waals surface area contributed by atoms with Gasteiger partial charge in [-0.3, -0.25) is 9.11 Å². The lowest BCUT2D eigenvalue weighted by atomic mass is 11.1. The Hall–Kier alpha value is -1.99. The van der Waals surface area contributed by atoms with E-state index in [9.17, 15) is 0 Å². The Balaban J connectivity index is -0.000000144. The Morgan fingerprint density at radius 2 is 0.933 bits per heavy atom. The summed E-state index contributed by atoms with van der Waals surface area (Å²) >= 11 is 0. The van der Waals surface area contributed by atoms with Crippen LogP contribution in [0.3, 0.4) is 0 Å². The Labute approximate surface area is 85.5 Å². The highest BCUT2D eigenvalue weighted by molar-refractivity contribution is 7.79. The zero-order chi connectivity index (χ0) is 13.1. The van der Waals surface area contributed by atoms with Gasteiger partial charge in [-0.15, -0.1) is 10.2 Å². The van der Waals surface area contributed by atoms with E-state index in [1.807, 2.05) is 0 Å². The van der Waals surface area contributed by atoms with Crippen LogP contribution in [-0.4, -0.2) is 29.4 Å². The van der Waals surface area contributed by atoms with Crippen LogP contribution in [0.25, 0.3) is 0 Å². The molecule has 0 radical (unpaired) electrons. The van der Waals surface area contributed by atoms with E-state index in [2.05, 4.69) is 21.9 Å². The van der Waals surface area contributed by atoms with Gasteiger partial charge in [-0.2, -0.15) is 8.42 Å². The maximum atomic E-state index is 8.74. The molecular formula is C2H14N8O4S. The Bertz CT molecular complexity index is 262. The van der Waals surface area contributed by atoms with Crippen LogP contribution in [0.1, 0.15) is 0 Å². The van der Waals surface area contributed by atoms with Crippen molar-refractivity contribution in [3.8, 4) is 0 Å². The lowest BCUT2D eigenvalue weighted by Crippen LogP contribution is -2.23. The number of nitrogens with two attached hydrogens (primary N) is 6. The fraction of sp³-hybridized carbons (Fsp3) is 0. The first kappa shape index (κ1) is 18.7. The highest BCUT2D eigenvalue weighted by Crippen LogP contribution is 1.59. The summed E-state index contributed by atoms with van der Waals surface area (Å²) in [4.78, 5) is 0. The Morgan fingerprint density at radius 1 is 0.867 bits per heavy atom. The molecule has 0 heterocycles. The largest absolute Gasteiger partial charge is 0.394 e. The maximum absolute atomic E-state index is 8.74. The van der Waals surface area contributed by atoms with Gasteiger partial charge < -0.3 is 34.6 Å². The number of hydrogen-bond acceptors (Lipinski definition) is 6. The van der Waals surface area contributed by atoms with Crippen molar-refractivity contribution in [2.45, 2.75) is 0 Å². The van der Waals surface area contributed by atoms with E-state index >= 15 is 0 Å². The first-order chi connectivity index (χ1) is 6.54. The molecule has 0 saturated carbocycles. The average molecular weight is 246 g/mol. The summed E-state index contributed by atoms with van der Waals surface area (Å²) in [5.41, 5.74) is 18.8. The van der Waals surface area contributed by atoms with E-state index in [0.29, 0.717) is 0 Å². The van der Waals surface area contributed by atoms with Crippen molar-refractivity contribution >= 4 is 22.3 Å². The minimum Gasteiger partial charge on any atom is -0.369 e. The van der Waals surface area contributed by atoms with Crippen molar-refractivity contribution in [1.82, 2.24) is 0 Å². The summed E-state index contributed by atoms with van der Waals surface area (Å²) in [6.45, 7) is 0. The first-order valence-corrected chi connectivity index (χ1v) is 4.21. The first-order valence-electron chi connectivity index (χ1n) is 2.82. The molecule has 0 aromatic heterocycles. The minimum atomic E-state index is -4.67. The number of hydrogen-bond donors (Lipinski definition) is 8. The third kappa shape index (κ3) is 298. The average Bonchev–Trinajstić information content (AvgIpc) is 2.02. The summed E-state index contributed by atoms with van der Waals surface area (Å²) in [7, 11) is -4.67. The highest BCUT2D eigenvalue weighted by Gasteiger charge is 1.84. The quantitative estimate of drug-likeness (QED) is 0.0668. The molecule has 0 spiro atoms. The van der Waals surface area contributed by atoms with Crippen molar-refractivity contribution in [1.29, 1.82) is 0 Å². The summed E-state index contributed by atoms with van der Waals surface area (Å²) in [5, 5.41) is 5.72. The Kier molecular flexibility index (Phi) is 12.6. The smallest absolute Gasteiger partial charge is 0.369 e. The molecule has 0 aliphatic rings. The van der Waals surface area contributed by atoms with Gasteiger partial charge in [0.25, 0.3) is 0 Å². The van der Waals surface area contributed by atoms with Gasteiger partial charge in [0.2, 0.25) is 11.9 Å². The van der Waals surface area contributed by atoms with Gasteiger partial charge in [-0.25, -0.2) is 0 Å². The number of hydrazone groups is 2. The molecule has 92 valence electrons. The molecule has 0 saturated heterocycles. The lowest BCUT2D eigenvalue weighted by molar-refractivity contribution is 0.381. The van der Waals surface area contributed by atoms with E-state index in [1.165, 1.54) is 0 Å².